The summed E-state index contributed by atoms with van der Waals surface area (Å²) in [5.74, 6) is 0.524. The van der Waals surface area contributed by atoms with E-state index in [4.69, 9.17) is 4.74 Å². The Morgan fingerprint density at radius 2 is 1.95 bits per heavy atom. The standard InChI is InChI=1S/C19H21NO/c1-13-9-10-17-16(12-13)19-15(8-5-11-21-19)18(20-17)14-6-3-2-4-7-14/h2-4,6-7,9-10,12,15,18-20H,5,8,11H2,1H3/t15-,18?,19-/m0/s1. The summed E-state index contributed by atoms with van der Waals surface area (Å²) in [5, 5.41) is 3.76. The number of hydrogen-bond acceptors (Lipinski definition) is 2. The lowest BCUT2D eigenvalue weighted by molar-refractivity contribution is -0.0381. The second-order valence-corrected chi connectivity index (χ2v) is 6.22. The minimum atomic E-state index is 0.236. The van der Waals surface area contributed by atoms with Crippen LogP contribution in [-0.4, -0.2) is 6.61 Å². The minimum Gasteiger partial charge on any atom is -0.378 e. The van der Waals surface area contributed by atoms with Crippen molar-refractivity contribution in [2.45, 2.75) is 31.9 Å². The summed E-state index contributed by atoms with van der Waals surface area (Å²) in [6, 6.07) is 17.8. The second-order valence-electron chi connectivity index (χ2n) is 6.22. The molecule has 0 aromatic heterocycles. The Morgan fingerprint density at radius 3 is 2.81 bits per heavy atom. The van der Waals surface area contributed by atoms with E-state index in [1.807, 2.05) is 0 Å². The molecule has 0 radical (unpaired) electrons. The Hall–Kier alpha value is -1.80. The third-order valence-corrected chi connectivity index (χ3v) is 4.78. The fourth-order valence-electron chi connectivity index (χ4n) is 3.78. The number of aryl methyl sites for hydroxylation is 1. The molecule has 0 bridgehead atoms. The van der Waals surface area contributed by atoms with Crippen LogP contribution in [0.4, 0.5) is 5.69 Å². The van der Waals surface area contributed by atoms with E-state index in [1.165, 1.54) is 28.8 Å². The highest BCUT2D eigenvalue weighted by molar-refractivity contribution is 5.58. The van der Waals surface area contributed by atoms with Crippen LogP contribution in [-0.2, 0) is 4.74 Å². The molecule has 0 saturated carbocycles. The molecule has 1 unspecified atom stereocenters. The molecule has 4 rings (SSSR count). The van der Waals surface area contributed by atoms with Crippen molar-refractivity contribution in [1.29, 1.82) is 0 Å². The maximum atomic E-state index is 6.18. The van der Waals surface area contributed by atoms with Crippen LogP contribution in [0.15, 0.2) is 48.5 Å². The highest BCUT2D eigenvalue weighted by Crippen LogP contribution is 2.49. The van der Waals surface area contributed by atoms with Gasteiger partial charge in [-0.1, -0.05) is 48.0 Å². The second kappa shape index (κ2) is 5.19. The van der Waals surface area contributed by atoms with Gasteiger partial charge in [-0.25, -0.2) is 0 Å². The molecule has 2 heterocycles. The van der Waals surface area contributed by atoms with Gasteiger partial charge in [0.25, 0.3) is 0 Å². The minimum absolute atomic E-state index is 0.236. The Labute approximate surface area is 126 Å². The van der Waals surface area contributed by atoms with E-state index in [0.29, 0.717) is 12.0 Å². The molecule has 2 aliphatic heterocycles. The van der Waals surface area contributed by atoms with Crippen molar-refractivity contribution in [3.63, 3.8) is 0 Å². The first-order chi connectivity index (χ1) is 10.3. The molecular weight excluding hydrogens is 258 g/mol. The van der Waals surface area contributed by atoms with Crippen LogP contribution in [0.2, 0.25) is 0 Å². The van der Waals surface area contributed by atoms with Gasteiger partial charge in [0.2, 0.25) is 0 Å². The number of anilines is 1. The highest BCUT2D eigenvalue weighted by Gasteiger charge is 2.39. The van der Waals surface area contributed by atoms with Gasteiger partial charge in [-0.05, 0) is 31.4 Å². The van der Waals surface area contributed by atoms with Crippen molar-refractivity contribution < 1.29 is 4.74 Å². The van der Waals surface area contributed by atoms with E-state index < -0.39 is 0 Å². The molecule has 108 valence electrons. The summed E-state index contributed by atoms with van der Waals surface area (Å²) in [6.45, 7) is 3.04. The molecule has 2 nitrogen and oxygen atoms in total. The van der Waals surface area contributed by atoms with Gasteiger partial charge < -0.3 is 10.1 Å². The summed E-state index contributed by atoms with van der Waals surface area (Å²) in [6.07, 6.45) is 2.62. The molecule has 0 aliphatic carbocycles. The van der Waals surface area contributed by atoms with Crippen LogP contribution >= 0.6 is 0 Å². The SMILES string of the molecule is Cc1ccc2c(c1)[C@H]1OCCC[C@H]1C(c1ccccc1)N2. The molecule has 0 amide bonds. The fourth-order valence-corrected chi connectivity index (χ4v) is 3.78. The van der Waals surface area contributed by atoms with Gasteiger partial charge in [-0.3, -0.25) is 0 Å². The van der Waals surface area contributed by atoms with E-state index in [0.717, 1.165) is 13.0 Å². The molecule has 21 heavy (non-hydrogen) atoms. The van der Waals surface area contributed by atoms with Gasteiger partial charge in [-0.15, -0.1) is 0 Å². The summed E-state index contributed by atoms with van der Waals surface area (Å²) in [4.78, 5) is 0. The lowest BCUT2D eigenvalue weighted by Gasteiger charge is -2.43. The molecule has 2 aliphatic rings. The molecule has 3 atom stereocenters. The molecule has 1 fully saturated rings. The zero-order chi connectivity index (χ0) is 14.2. The van der Waals surface area contributed by atoms with Gasteiger partial charge >= 0.3 is 0 Å². The van der Waals surface area contributed by atoms with Crippen molar-refractivity contribution >= 4 is 5.69 Å². The van der Waals surface area contributed by atoms with Gasteiger partial charge in [0, 0.05) is 23.8 Å². The Balaban J connectivity index is 1.79. The Kier molecular flexibility index (Phi) is 3.19. The zero-order valence-electron chi connectivity index (χ0n) is 12.4. The first-order valence-electron chi connectivity index (χ1n) is 7.86. The summed E-state index contributed by atoms with van der Waals surface area (Å²) in [7, 11) is 0. The van der Waals surface area contributed by atoms with Gasteiger partial charge in [-0.2, -0.15) is 0 Å². The molecule has 2 heteroatoms. The van der Waals surface area contributed by atoms with E-state index in [1.54, 1.807) is 0 Å². The zero-order valence-corrected chi connectivity index (χ0v) is 12.4. The summed E-state index contributed by atoms with van der Waals surface area (Å²) < 4.78 is 6.18. The number of hydrogen-bond donors (Lipinski definition) is 1. The van der Waals surface area contributed by atoms with E-state index in [9.17, 15) is 0 Å². The lowest BCUT2D eigenvalue weighted by Crippen LogP contribution is -2.36. The number of benzene rings is 2. The smallest absolute Gasteiger partial charge is 0.0895 e. The van der Waals surface area contributed by atoms with Crippen molar-refractivity contribution in [2.75, 3.05) is 11.9 Å². The molecular formula is C19H21NO. The van der Waals surface area contributed by atoms with Crippen LogP contribution < -0.4 is 5.32 Å². The Morgan fingerprint density at radius 1 is 1.10 bits per heavy atom. The molecule has 0 spiro atoms. The van der Waals surface area contributed by atoms with Crippen LogP contribution in [0, 0.1) is 12.8 Å². The highest BCUT2D eigenvalue weighted by atomic mass is 16.5. The molecule has 2 aromatic rings. The average Bonchev–Trinajstić information content (AvgIpc) is 2.55. The van der Waals surface area contributed by atoms with Crippen molar-refractivity contribution in [3.05, 3.63) is 65.2 Å². The normalized spacial score (nSPS) is 27.4. The van der Waals surface area contributed by atoms with Crippen molar-refractivity contribution in [3.8, 4) is 0 Å². The van der Waals surface area contributed by atoms with Crippen LogP contribution in [0.1, 0.15) is 41.7 Å². The molecule has 2 aromatic carbocycles. The summed E-state index contributed by atoms with van der Waals surface area (Å²) in [5.41, 5.74) is 5.25. The average molecular weight is 279 g/mol. The van der Waals surface area contributed by atoms with Gasteiger partial charge in [0.15, 0.2) is 0 Å². The van der Waals surface area contributed by atoms with Gasteiger partial charge in [0.1, 0.15) is 0 Å². The largest absolute Gasteiger partial charge is 0.378 e. The van der Waals surface area contributed by atoms with E-state index in [-0.39, 0.29) is 6.10 Å². The number of fused-ring (bicyclic) bond motifs is 3. The quantitative estimate of drug-likeness (QED) is 0.821. The van der Waals surface area contributed by atoms with Crippen molar-refractivity contribution in [2.24, 2.45) is 5.92 Å². The van der Waals surface area contributed by atoms with Crippen molar-refractivity contribution in [1.82, 2.24) is 0 Å². The number of ether oxygens (including phenoxy) is 1. The monoisotopic (exact) mass is 279 g/mol. The molecule has 1 saturated heterocycles. The third kappa shape index (κ3) is 2.24. The fraction of sp³-hybridized carbons (Fsp3) is 0.368. The summed E-state index contributed by atoms with van der Waals surface area (Å²) >= 11 is 0. The number of rotatable bonds is 1. The number of nitrogens with one attached hydrogen (secondary N) is 1. The third-order valence-electron chi connectivity index (χ3n) is 4.78. The van der Waals surface area contributed by atoms with E-state index >= 15 is 0 Å². The topological polar surface area (TPSA) is 21.3 Å². The van der Waals surface area contributed by atoms with Crippen LogP contribution in [0.25, 0.3) is 0 Å². The maximum Gasteiger partial charge on any atom is 0.0895 e. The maximum absolute atomic E-state index is 6.18. The molecule has 1 N–H and O–H groups in total. The Bertz CT molecular complexity index is 637. The predicted octanol–water partition coefficient (Wildman–Crippen LogP) is 4.63. The van der Waals surface area contributed by atoms with Crippen LogP contribution in [0.5, 0.6) is 0 Å². The predicted molar refractivity (Wildman–Crippen MR) is 85.4 cm³/mol. The van der Waals surface area contributed by atoms with Gasteiger partial charge in [0.05, 0.1) is 12.1 Å². The van der Waals surface area contributed by atoms with Crippen LogP contribution in [0.3, 0.4) is 0 Å². The lowest BCUT2D eigenvalue weighted by atomic mass is 9.77. The first-order valence-corrected chi connectivity index (χ1v) is 7.86. The van der Waals surface area contributed by atoms with E-state index in [2.05, 4.69) is 60.8 Å². The first kappa shape index (κ1) is 12.9.